The molecule has 1 atom stereocenters. The van der Waals surface area contributed by atoms with Gasteiger partial charge in [-0.15, -0.1) is 0 Å². The summed E-state index contributed by atoms with van der Waals surface area (Å²) in [6, 6.07) is 18.4. The second-order valence-electron chi connectivity index (χ2n) is 6.11. The van der Waals surface area contributed by atoms with Crippen molar-refractivity contribution in [1.29, 1.82) is 0 Å². The summed E-state index contributed by atoms with van der Waals surface area (Å²) in [5.74, 6) is -0.0356. The van der Waals surface area contributed by atoms with Crippen LogP contribution in [0.15, 0.2) is 54.6 Å². The van der Waals surface area contributed by atoms with Gasteiger partial charge < -0.3 is 15.4 Å². The number of anilines is 1. The van der Waals surface area contributed by atoms with Crippen molar-refractivity contribution in [2.24, 2.45) is 0 Å². The lowest BCUT2D eigenvalue weighted by molar-refractivity contribution is -0.120. The minimum atomic E-state index is -0.260. The van der Waals surface area contributed by atoms with E-state index in [0.717, 1.165) is 31.5 Å². The van der Waals surface area contributed by atoms with Crippen LogP contribution in [0.4, 0.5) is 5.69 Å². The Balaban J connectivity index is 1.45. The zero-order valence-corrected chi connectivity index (χ0v) is 13.8. The average molecular weight is 324 g/mol. The minimum absolute atomic E-state index is 0.0356. The topological polar surface area (TPSA) is 50.4 Å². The Morgan fingerprint density at radius 2 is 1.75 bits per heavy atom. The van der Waals surface area contributed by atoms with E-state index in [2.05, 4.69) is 47.0 Å². The molecule has 0 saturated carbocycles. The number of amides is 1. The predicted molar refractivity (Wildman–Crippen MR) is 96.1 cm³/mol. The molecule has 126 valence electrons. The van der Waals surface area contributed by atoms with Gasteiger partial charge in [-0.05, 0) is 42.5 Å². The molecule has 0 bridgehead atoms. The number of carbonyl (C=O) groups is 1. The molecular weight excluding hydrogens is 300 g/mol. The highest BCUT2D eigenvalue weighted by atomic mass is 16.5. The van der Waals surface area contributed by atoms with Gasteiger partial charge >= 0.3 is 0 Å². The molecule has 1 aliphatic heterocycles. The molecule has 4 nitrogen and oxygen atoms in total. The number of aryl methyl sites for hydroxylation is 2. The summed E-state index contributed by atoms with van der Waals surface area (Å²) in [7, 11) is 0. The smallest absolute Gasteiger partial charge is 0.243 e. The molecule has 1 aliphatic rings. The summed E-state index contributed by atoms with van der Waals surface area (Å²) in [5, 5.41) is 6.10. The van der Waals surface area contributed by atoms with Crippen LogP contribution in [0.25, 0.3) is 0 Å². The lowest BCUT2D eigenvalue weighted by Gasteiger charge is -2.22. The van der Waals surface area contributed by atoms with Crippen molar-refractivity contribution in [3.63, 3.8) is 0 Å². The maximum atomic E-state index is 12.1. The molecule has 4 heteroatoms. The van der Waals surface area contributed by atoms with Crippen LogP contribution in [0.1, 0.15) is 17.5 Å². The molecule has 1 unspecified atom stereocenters. The molecule has 1 fully saturated rings. The number of rotatable bonds is 6. The first-order chi connectivity index (χ1) is 11.8. The van der Waals surface area contributed by atoms with Crippen LogP contribution in [-0.2, 0) is 22.4 Å². The zero-order valence-electron chi connectivity index (χ0n) is 13.8. The van der Waals surface area contributed by atoms with E-state index in [1.54, 1.807) is 0 Å². The Morgan fingerprint density at radius 3 is 2.42 bits per heavy atom. The van der Waals surface area contributed by atoms with Crippen LogP contribution in [-0.4, -0.2) is 31.7 Å². The molecule has 3 rings (SSSR count). The Hall–Kier alpha value is -2.17. The van der Waals surface area contributed by atoms with E-state index in [1.807, 2.05) is 18.2 Å². The minimum Gasteiger partial charge on any atom is -0.378 e. The fourth-order valence-corrected chi connectivity index (χ4v) is 2.86. The summed E-state index contributed by atoms with van der Waals surface area (Å²) >= 11 is 0. The summed E-state index contributed by atoms with van der Waals surface area (Å²) in [5.41, 5.74) is 3.51. The second kappa shape index (κ2) is 8.62. The molecular formula is C20H24N2O2. The van der Waals surface area contributed by atoms with Gasteiger partial charge in [-0.2, -0.15) is 0 Å². The molecule has 1 amide bonds. The second-order valence-corrected chi connectivity index (χ2v) is 6.11. The maximum absolute atomic E-state index is 12.1. The maximum Gasteiger partial charge on any atom is 0.243 e. The van der Waals surface area contributed by atoms with E-state index >= 15 is 0 Å². The highest BCUT2D eigenvalue weighted by Gasteiger charge is 2.20. The largest absolute Gasteiger partial charge is 0.378 e. The highest BCUT2D eigenvalue weighted by molar-refractivity contribution is 5.95. The quantitative estimate of drug-likeness (QED) is 0.859. The average Bonchev–Trinajstić information content (AvgIpc) is 2.65. The normalized spacial score (nSPS) is 17.4. The summed E-state index contributed by atoms with van der Waals surface area (Å²) < 4.78 is 5.32. The number of nitrogens with one attached hydrogen (secondary N) is 2. The molecule has 0 spiro atoms. The lowest BCUT2D eigenvalue weighted by Crippen LogP contribution is -2.48. The third kappa shape index (κ3) is 4.91. The molecule has 2 aromatic carbocycles. The van der Waals surface area contributed by atoms with E-state index in [1.165, 1.54) is 11.1 Å². The van der Waals surface area contributed by atoms with E-state index in [0.29, 0.717) is 13.2 Å². The summed E-state index contributed by atoms with van der Waals surface area (Å²) in [4.78, 5) is 12.1. The van der Waals surface area contributed by atoms with Gasteiger partial charge in [0.25, 0.3) is 0 Å². The molecule has 0 aliphatic carbocycles. The van der Waals surface area contributed by atoms with Crippen molar-refractivity contribution >= 4 is 11.6 Å². The Morgan fingerprint density at radius 1 is 1.04 bits per heavy atom. The van der Waals surface area contributed by atoms with Crippen LogP contribution in [0.3, 0.4) is 0 Å². The number of hydrogen-bond donors (Lipinski definition) is 2. The Kier molecular flexibility index (Phi) is 5.99. The van der Waals surface area contributed by atoms with E-state index in [9.17, 15) is 4.79 Å². The SMILES string of the molecule is O=C(Nc1ccc(CCCc2ccccc2)cc1)C1COCCN1. The van der Waals surface area contributed by atoms with E-state index < -0.39 is 0 Å². The number of ether oxygens (including phenoxy) is 1. The third-order valence-corrected chi connectivity index (χ3v) is 4.23. The van der Waals surface area contributed by atoms with E-state index in [-0.39, 0.29) is 11.9 Å². The molecule has 2 N–H and O–H groups in total. The van der Waals surface area contributed by atoms with Crippen LogP contribution in [0.5, 0.6) is 0 Å². The van der Waals surface area contributed by atoms with Gasteiger partial charge in [0.1, 0.15) is 6.04 Å². The lowest BCUT2D eigenvalue weighted by atomic mass is 10.0. The van der Waals surface area contributed by atoms with Crippen molar-refractivity contribution in [2.75, 3.05) is 25.1 Å². The number of morpholine rings is 1. The standard InChI is InChI=1S/C20H24N2O2/c23-20(19-15-24-14-13-21-19)22-18-11-9-17(10-12-18)8-4-7-16-5-2-1-3-6-16/h1-3,5-6,9-12,19,21H,4,7-8,13-15H2,(H,22,23). The molecule has 0 radical (unpaired) electrons. The van der Waals surface area contributed by atoms with Crippen molar-refractivity contribution in [1.82, 2.24) is 5.32 Å². The molecule has 1 heterocycles. The Bertz CT molecular complexity index is 634. The van der Waals surface area contributed by atoms with Crippen molar-refractivity contribution in [3.05, 3.63) is 65.7 Å². The first kappa shape index (κ1) is 16.7. The molecule has 2 aromatic rings. The van der Waals surface area contributed by atoms with Gasteiger partial charge in [0.05, 0.1) is 13.2 Å². The zero-order chi connectivity index (χ0) is 16.6. The van der Waals surface area contributed by atoms with Crippen molar-refractivity contribution < 1.29 is 9.53 Å². The van der Waals surface area contributed by atoms with Crippen LogP contribution < -0.4 is 10.6 Å². The molecule has 24 heavy (non-hydrogen) atoms. The first-order valence-electron chi connectivity index (χ1n) is 8.56. The van der Waals surface area contributed by atoms with Crippen LogP contribution >= 0.6 is 0 Å². The fraction of sp³-hybridized carbons (Fsp3) is 0.350. The summed E-state index contributed by atoms with van der Waals surface area (Å²) in [6.45, 7) is 1.82. The third-order valence-electron chi connectivity index (χ3n) is 4.23. The summed E-state index contributed by atoms with van der Waals surface area (Å²) in [6.07, 6.45) is 3.26. The monoisotopic (exact) mass is 324 g/mol. The van der Waals surface area contributed by atoms with Crippen molar-refractivity contribution in [3.8, 4) is 0 Å². The van der Waals surface area contributed by atoms with Gasteiger partial charge in [-0.25, -0.2) is 0 Å². The van der Waals surface area contributed by atoms with Gasteiger partial charge in [0, 0.05) is 12.2 Å². The van der Waals surface area contributed by atoms with Crippen LogP contribution in [0, 0.1) is 0 Å². The predicted octanol–water partition coefficient (Wildman–Crippen LogP) is 2.79. The van der Waals surface area contributed by atoms with Gasteiger partial charge in [-0.3, -0.25) is 4.79 Å². The number of hydrogen-bond acceptors (Lipinski definition) is 3. The van der Waals surface area contributed by atoms with Gasteiger partial charge in [0.2, 0.25) is 5.91 Å². The van der Waals surface area contributed by atoms with Gasteiger partial charge in [0.15, 0.2) is 0 Å². The molecule has 1 saturated heterocycles. The van der Waals surface area contributed by atoms with Crippen LogP contribution in [0.2, 0.25) is 0 Å². The van der Waals surface area contributed by atoms with E-state index in [4.69, 9.17) is 4.74 Å². The van der Waals surface area contributed by atoms with Crippen molar-refractivity contribution in [2.45, 2.75) is 25.3 Å². The highest BCUT2D eigenvalue weighted by Crippen LogP contribution is 2.13. The fourth-order valence-electron chi connectivity index (χ4n) is 2.86. The Labute approximate surface area is 143 Å². The van der Waals surface area contributed by atoms with Gasteiger partial charge in [-0.1, -0.05) is 42.5 Å². The first-order valence-corrected chi connectivity index (χ1v) is 8.56. The number of carbonyl (C=O) groups excluding carboxylic acids is 1. The number of benzene rings is 2. The molecule has 0 aromatic heterocycles.